The SMILES string of the molecule is CCCCCCCCCCCCCCCC(=O)N1CCC[C@H]1C(=O)N[C@@H](CCCCN)C(=O)N[C@@H](CCCNC(=N)N)C(=O)N[C@@H](CCCNC(=N)N)C(=O)N[C@@H](CO)C(=O)N[C@@H](C)C(=O)N[C@@H](CC(=O)O)C(=O)N[C@H](C(=O)N[C@@H](Cc1ccccc1)C(=O)N[C@H](C(=O)N1CCC[C@H]1C(N)=O)[C@@H](C)CC)[C@@H](C)CC. The molecule has 2 aliphatic heterocycles. The molecule has 614 valence electrons. The van der Waals surface area contributed by atoms with Crippen LogP contribution in [0, 0.1) is 22.7 Å². The molecule has 0 bridgehead atoms. The highest BCUT2D eigenvalue weighted by molar-refractivity contribution is 6.00. The molecule has 1 aromatic carbocycles. The smallest absolute Gasteiger partial charge is 0.305 e. The number of primary amides is 1. The van der Waals surface area contributed by atoms with Gasteiger partial charge in [0, 0.05) is 39.0 Å². The zero-order valence-electron chi connectivity index (χ0n) is 65.0. The molecule has 0 aromatic heterocycles. The second-order valence-electron chi connectivity index (χ2n) is 28.9. The molecule has 0 saturated carbocycles. The number of hydrogen-bond acceptors (Lipinski definition) is 17. The van der Waals surface area contributed by atoms with E-state index in [0.717, 1.165) is 32.6 Å². The van der Waals surface area contributed by atoms with E-state index >= 15 is 0 Å². The summed E-state index contributed by atoms with van der Waals surface area (Å²) in [7, 11) is 0. The Morgan fingerprint density at radius 1 is 0.486 bits per heavy atom. The molecule has 23 N–H and O–H groups in total. The number of nitrogens with two attached hydrogens (primary N) is 4. The van der Waals surface area contributed by atoms with E-state index in [2.05, 4.69) is 65.4 Å². The van der Waals surface area contributed by atoms with Gasteiger partial charge in [0.15, 0.2) is 11.9 Å². The minimum atomic E-state index is -1.90. The molecule has 2 saturated heterocycles. The van der Waals surface area contributed by atoms with Gasteiger partial charge in [0.2, 0.25) is 70.9 Å². The molecular formula is C75H129N19O15. The third kappa shape index (κ3) is 34.9. The Morgan fingerprint density at radius 3 is 1.43 bits per heavy atom. The Labute approximate surface area is 642 Å². The highest BCUT2D eigenvalue weighted by Crippen LogP contribution is 2.24. The number of carbonyl (C=O) groups excluding carboxylic acids is 12. The fraction of sp³-hybridized carbons (Fsp3) is 0.720. The number of carbonyl (C=O) groups is 13. The lowest BCUT2D eigenvalue weighted by atomic mass is 9.95. The Morgan fingerprint density at radius 2 is 0.927 bits per heavy atom. The van der Waals surface area contributed by atoms with E-state index in [-0.39, 0.29) is 89.4 Å². The van der Waals surface area contributed by atoms with Crippen molar-refractivity contribution >= 4 is 88.8 Å². The molecule has 1 aromatic rings. The van der Waals surface area contributed by atoms with Crippen molar-refractivity contribution in [1.29, 1.82) is 10.8 Å². The number of rotatable bonds is 55. The Hall–Kier alpha value is -9.21. The first-order valence-corrected chi connectivity index (χ1v) is 39.4. The lowest BCUT2D eigenvalue weighted by Gasteiger charge is -2.32. The standard InChI is InChI=1S/C75H129N19O15/c1-7-10-11-12-13-14-15-16-17-18-19-20-24-38-59(96)93-42-30-37-58(93)71(107)87-51(33-25-26-39-76)65(101)85-52(34-27-40-82-74(78)79)66(102)86-53(35-28-41-83-75(80)81)67(103)90-56(46-95)70(106)84-49(6)64(100)88-55(45-60(97)98)69(105)91-61(47(4)8-2)72(108)89-54(44-50-31-22-21-23-32-50)68(104)92-62(48(5)9-3)73(109)94-43-29-36-57(94)63(77)99/h21-23,31-32,47-49,51-58,61-62,95H,7-20,24-30,33-46,76H2,1-6H3,(H2,77,99)(H,84,106)(H,85,101)(H,86,102)(H,87,107)(H,88,100)(H,89,108)(H,90,103)(H,91,105)(H,92,104)(H,97,98)(H4,78,79,82)(H4,80,81,83)/t47-,48-,49-,51-,52-,53-,54-,55-,56-,57-,58-,61-,62-/m0/s1. The van der Waals surface area contributed by atoms with Gasteiger partial charge in [-0.1, -0.05) is 155 Å². The summed E-state index contributed by atoms with van der Waals surface area (Å²) in [5, 5.41) is 64.3. The van der Waals surface area contributed by atoms with Crippen molar-refractivity contribution in [3.8, 4) is 0 Å². The van der Waals surface area contributed by atoms with Crippen LogP contribution in [0.5, 0.6) is 0 Å². The first-order valence-electron chi connectivity index (χ1n) is 39.4. The molecule has 0 aliphatic carbocycles. The maximum atomic E-state index is 14.5. The van der Waals surface area contributed by atoms with E-state index < -0.39 is 168 Å². The predicted octanol–water partition coefficient (Wildman–Crippen LogP) is 0.776. The summed E-state index contributed by atoms with van der Waals surface area (Å²) in [5.74, 6) is -13.2. The molecule has 3 rings (SSSR count). The van der Waals surface area contributed by atoms with Gasteiger partial charge in [0.25, 0.3) is 0 Å². The lowest BCUT2D eigenvalue weighted by molar-refractivity contribution is -0.142. The number of nitrogens with one attached hydrogen (secondary N) is 13. The molecule has 2 fully saturated rings. The average Bonchev–Trinajstić information content (AvgIpc) is 1.79. The number of hydrogen-bond donors (Lipinski definition) is 19. The van der Waals surface area contributed by atoms with E-state index in [1.54, 1.807) is 56.0 Å². The molecule has 12 amide bonds. The van der Waals surface area contributed by atoms with Crippen molar-refractivity contribution in [2.24, 2.45) is 34.8 Å². The van der Waals surface area contributed by atoms with Crippen molar-refractivity contribution in [1.82, 2.24) is 68.3 Å². The topological polar surface area (TPSA) is 553 Å². The van der Waals surface area contributed by atoms with Crippen molar-refractivity contribution in [3.63, 3.8) is 0 Å². The highest BCUT2D eigenvalue weighted by atomic mass is 16.4. The number of carboxylic acids is 1. The fourth-order valence-electron chi connectivity index (χ4n) is 13.2. The van der Waals surface area contributed by atoms with Crippen molar-refractivity contribution < 1.29 is 72.5 Å². The van der Waals surface area contributed by atoms with Crippen LogP contribution in [-0.4, -0.2) is 215 Å². The van der Waals surface area contributed by atoms with Crippen LogP contribution >= 0.6 is 0 Å². The number of guanidine groups is 2. The van der Waals surface area contributed by atoms with Gasteiger partial charge in [-0.25, -0.2) is 0 Å². The second-order valence-corrected chi connectivity index (χ2v) is 28.9. The molecule has 2 heterocycles. The Kier molecular flexibility index (Phi) is 44.8. The average molecular weight is 1540 g/mol. The van der Waals surface area contributed by atoms with Crippen LogP contribution in [0.3, 0.4) is 0 Å². The van der Waals surface area contributed by atoms with Gasteiger partial charge in [0.05, 0.1) is 13.0 Å². The van der Waals surface area contributed by atoms with Crippen molar-refractivity contribution in [2.75, 3.05) is 39.3 Å². The van der Waals surface area contributed by atoms with Gasteiger partial charge in [-0.15, -0.1) is 0 Å². The van der Waals surface area contributed by atoms with Gasteiger partial charge in [-0.05, 0) is 108 Å². The molecule has 2 aliphatic rings. The van der Waals surface area contributed by atoms with Crippen LogP contribution in [0.2, 0.25) is 0 Å². The molecule has 0 unspecified atom stereocenters. The third-order valence-electron chi connectivity index (χ3n) is 20.1. The minimum absolute atomic E-state index is 0.0154. The highest BCUT2D eigenvalue weighted by Gasteiger charge is 2.42. The van der Waals surface area contributed by atoms with E-state index in [1.165, 1.54) is 56.3 Å². The molecule has 34 nitrogen and oxygen atoms in total. The number of carboxylic acid groups (broad SMARTS) is 1. The normalized spacial score (nSPS) is 17.0. The van der Waals surface area contributed by atoms with Crippen molar-refractivity contribution in [2.45, 2.75) is 294 Å². The van der Waals surface area contributed by atoms with E-state index in [1.807, 2.05) is 6.92 Å². The summed E-state index contributed by atoms with van der Waals surface area (Å²) in [6.45, 7) is 10.1. The molecule has 0 radical (unpaired) electrons. The number of likely N-dealkylation sites (tertiary alicyclic amines) is 2. The number of aliphatic hydroxyl groups is 1. The summed E-state index contributed by atoms with van der Waals surface area (Å²) in [5.41, 5.74) is 23.1. The minimum Gasteiger partial charge on any atom is -0.481 e. The Balaban J connectivity index is 1.80. The number of aliphatic hydroxyl groups excluding tert-OH is 1. The van der Waals surface area contributed by atoms with E-state index in [0.29, 0.717) is 63.5 Å². The van der Waals surface area contributed by atoms with Gasteiger partial charge in [0.1, 0.15) is 66.5 Å². The second kappa shape index (κ2) is 52.0. The predicted molar refractivity (Wildman–Crippen MR) is 412 cm³/mol. The number of nitrogens with zero attached hydrogens (tertiary/aromatic N) is 2. The van der Waals surface area contributed by atoms with Crippen LogP contribution in [0.1, 0.15) is 227 Å². The lowest BCUT2D eigenvalue weighted by Crippen LogP contribution is -2.62. The zero-order valence-corrected chi connectivity index (χ0v) is 65.0. The fourth-order valence-corrected chi connectivity index (χ4v) is 13.2. The quantitative estimate of drug-likeness (QED) is 0.0243. The summed E-state index contributed by atoms with van der Waals surface area (Å²) in [6.07, 6.45) is 17.5. The number of benzene rings is 1. The summed E-state index contributed by atoms with van der Waals surface area (Å²) in [6, 6.07) is -6.58. The largest absolute Gasteiger partial charge is 0.481 e. The third-order valence-corrected chi connectivity index (χ3v) is 20.1. The van der Waals surface area contributed by atoms with E-state index in [9.17, 15) is 72.5 Å². The molecule has 0 spiro atoms. The van der Waals surface area contributed by atoms with Gasteiger partial charge >= 0.3 is 5.97 Å². The molecule has 13 atom stereocenters. The van der Waals surface area contributed by atoms with Gasteiger partial charge in [-0.2, -0.15) is 0 Å². The van der Waals surface area contributed by atoms with Crippen molar-refractivity contribution in [3.05, 3.63) is 35.9 Å². The van der Waals surface area contributed by atoms with Crippen LogP contribution in [0.15, 0.2) is 30.3 Å². The monoisotopic (exact) mass is 1540 g/mol. The molecule has 109 heavy (non-hydrogen) atoms. The zero-order chi connectivity index (χ0) is 81.0. The summed E-state index contributed by atoms with van der Waals surface area (Å²) < 4.78 is 0. The van der Waals surface area contributed by atoms with Gasteiger partial charge < -0.3 is 101 Å². The number of unbranched alkanes of at least 4 members (excludes halogenated alkanes) is 13. The maximum absolute atomic E-state index is 14.5. The van der Waals surface area contributed by atoms with Crippen LogP contribution in [0.25, 0.3) is 0 Å². The molecule has 34 heteroatoms. The van der Waals surface area contributed by atoms with Crippen LogP contribution in [0.4, 0.5) is 0 Å². The first kappa shape index (κ1) is 94.0. The first-order chi connectivity index (χ1) is 52.0. The Bertz CT molecular complexity index is 3100. The number of amides is 12. The maximum Gasteiger partial charge on any atom is 0.305 e. The van der Waals surface area contributed by atoms with Gasteiger partial charge in [-0.3, -0.25) is 73.1 Å². The van der Waals surface area contributed by atoms with E-state index in [4.69, 9.17) is 33.8 Å². The summed E-state index contributed by atoms with van der Waals surface area (Å²) >= 11 is 0. The summed E-state index contributed by atoms with van der Waals surface area (Å²) in [4.78, 5) is 184. The van der Waals surface area contributed by atoms with Crippen LogP contribution in [-0.2, 0) is 68.7 Å². The number of aliphatic carboxylic acids is 1. The molecular weight excluding hydrogens is 1410 g/mol. The van der Waals surface area contributed by atoms with Crippen LogP contribution < -0.4 is 81.4 Å².